The fourth-order valence-electron chi connectivity index (χ4n) is 2.94. The molecule has 0 bridgehead atoms. The van der Waals surface area contributed by atoms with Gasteiger partial charge in [0.15, 0.2) is 0 Å². The van der Waals surface area contributed by atoms with Crippen LogP contribution >= 0.6 is 0 Å². The van der Waals surface area contributed by atoms with E-state index in [4.69, 9.17) is 0 Å². The van der Waals surface area contributed by atoms with Crippen LogP contribution in [0, 0.1) is 13.8 Å². The summed E-state index contributed by atoms with van der Waals surface area (Å²) >= 11 is 0. The number of benzene rings is 3. The molecule has 0 unspecified atom stereocenters. The first-order valence-corrected chi connectivity index (χ1v) is 8.63. The van der Waals surface area contributed by atoms with E-state index < -0.39 is 0 Å². The molecule has 0 nitrogen and oxygen atoms in total. The van der Waals surface area contributed by atoms with Crippen LogP contribution in [0.5, 0.6) is 0 Å². The second kappa shape index (κ2) is 6.28. The predicted octanol–water partition coefficient (Wildman–Crippen LogP) is 6.93. The van der Waals surface area contributed by atoms with Crippen LogP contribution in [0.3, 0.4) is 0 Å². The van der Waals surface area contributed by atoms with Crippen molar-refractivity contribution < 1.29 is 0 Å². The first kappa shape index (κ1) is 16.5. The molecule has 24 heavy (non-hydrogen) atoms. The lowest BCUT2D eigenvalue weighted by atomic mass is 9.86. The van der Waals surface area contributed by atoms with Crippen molar-refractivity contribution >= 4 is 0 Å². The van der Waals surface area contributed by atoms with Gasteiger partial charge < -0.3 is 0 Å². The topological polar surface area (TPSA) is 0 Å². The number of hydrogen-bond donors (Lipinski definition) is 0. The molecular formula is C24H26. The van der Waals surface area contributed by atoms with E-state index in [9.17, 15) is 0 Å². The standard InChI is InChI=1S/C24H26/c1-17-6-7-22(16-18(17)2)21-10-8-19(9-11-21)20-12-14-23(15-13-20)24(3,4)5/h6-16H,1-5H3. The fraction of sp³-hybridized carbons (Fsp3) is 0.250. The third-order valence-corrected chi connectivity index (χ3v) is 4.81. The van der Waals surface area contributed by atoms with Crippen LogP contribution in [0.25, 0.3) is 22.3 Å². The van der Waals surface area contributed by atoms with E-state index in [0.29, 0.717) is 0 Å². The van der Waals surface area contributed by atoms with Crippen molar-refractivity contribution in [3.8, 4) is 22.3 Å². The Balaban J connectivity index is 1.88. The maximum atomic E-state index is 2.27. The van der Waals surface area contributed by atoms with Gasteiger partial charge in [-0.15, -0.1) is 0 Å². The second-order valence-corrected chi connectivity index (χ2v) is 7.70. The summed E-state index contributed by atoms with van der Waals surface area (Å²) in [5.41, 5.74) is 9.35. The van der Waals surface area contributed by atoms with E-state index >= 15 is 0 Å². The lowest BCUT2D eigenvalue weighted by Gasteiger charge is -2.19. The average Bonchev–Trinajstić information content (AvgIpc) is 2.57. The van der Waals surface area contributed by atoms with E-state index in [1.807, 2.05) is 0 Å². The zero-order valence-corrected chi connectivity index (χ0v) is 15.4. The molecule has 0 N–H and O–H groups in total. The second-order valence-electron chi connectivity index (χ2n) is 7.70. The van der Waals surface area contributed by atoms with Crippen molar-refractivity contribution in [2.45, 2.75) is 40.0 Å². The Labute approximate surface area is 146 Å². The van der Waals surface area contributed by atoms with E-state index in [-0.39, 0.29) is 5.41 Å². The molecule has 3 rings (SSSR count). The summed E-state index contributed by atoms with van der Waals surface area (Å²) in [6.45, 7) is 11.1. The Kier molecular flexibility index (Phi) is 4.32. The Morgan fingerprint density at radius 3 is 1.38 bits per heavy atom. The van der Waals surface area contributed by atoms with Gasteiger partial charge in [0.1, 0.15) is 0 Å². The Hall–Kier alpha value is -2.34. The number of rotatable bonds is 2. The molecule has 0 radical (unpaired) electrons. The molecule has 0 fully saturated rings. The fourth-order valence-corrected chi connectivity index (χ4v) is 2.94. The van der Waals surface area contributed by atoms with Crippen molar-refractivity contribution in [2.24, 2.45) is 0 Å². The van der Waals surface area contributed by atoms with Crippen LogP contribution in [0.2, 0.25) is 0 Å². The van der Waals surface area contributed by atoms with Crippen LogP contribution in [0.1, 0.15) is 37.5 Å². The van der Waals surface area contributed by atoms with Crippen LogP contribution in [0.15, 0.2) is 66.7 Å². The molecule has 0 aliphatic rings. The van der Waals surface area contributed by atoms with Crippen LogP contribution in [-0.2, 0) is 5.41 Å². The van der Waals surface area contributed by atoms with Gasteiger partial charge in [-0.3, -0.25) is 0 Å². The van der Waals surface area contributed by atoms with Gasteiger partial charge in [-0.1, -0.05) is 87.5 Å². The molecule has 122 valence electrons. The quantitative estimate of drug-likeness (QED) is 0.481. The first-order valence-electron chi connectivity index (χ1n) is 8.63. The molecule has 0 aromatic heterocycles. The van der Waals surface area contributed by atoms with Crippen molar-refractivity contribution in [3.63, 3.8) is 0 Å². The molecule has 0 saturated heterocycles. The molecule has 0 aliphatic carbocycles. The lowest BCUT2D eigenvalue weighted by Crippen LogP contribution is -2.10. The highest BCUT2D eigenvalue weighted by atomic mass is 14.2. The van der Waals surface area contributed by atoms with Gasteiger partial charge in [-0.05, 0) is 58.2 Å². The summed E-state index contributed by atoms with van der Waals surface area (Å²) in [4.78, 5) is 0. The third-order valence-electron chi connectivity index (χ3n) is 4.81. The SMILES string of the molecule is Cc1ccc(-c2ccc(-c3ccc(C(C)(C)C)cc3)cc2)cc1C. The maximum absolute atomic E-state index is 2.27. The van der Waals surface area contributed by atoms with Gasteiger partial charge in [0.05, 0.1) is 0 Å². The zero-order valence-electron chi connectivity index (χ0n) is 15.4. The van der Waals surface area contributed by atoms with Gasteiger partial charge in [-0.2, -0.15) is 0 Å². The number of aryl methyl sites for hydroxylation is 2. The zero-order chi connectivity index (χ0) is 17.3. The minimum absolute atomic E-state index is 0.200. The molecule has 0 amide bonds. The predicted molar refractivity (Wildman–Crippen MR) is 105 cm³/mol. The molecule has 0 atom stereocenters. The molecule has 0 heteroatoms. The Morgan fingerprint density at radius 2 is 0.917 bits per heavy atom. The van der Waals surface area contributed by atoms with E-state index in [1.165, 1.54) is 38.9 Å². The van der Waals surface area contributed by atoms with Gasteiger partial charge in [0.25, 0.3) is 0 Å². The van der Waals surface area contributed by atoms with Gasteiger partial charge in [-0.25, -0.2) is 0 Å². The van der Waals surface area contributed by atoms with Gasteiger partial charge in [0.2, 0.25) is 0 Å². The average molecular weight is 314 g/mol. The van der Waals surface area contributed by atoms with Crippen molar-refractivity contribution in [3.05, 3.63) is 83.4 Å². The molecular weight excluding hydrogens is 288 g/mol. The smallest absolute Gasteiger partial charge is 0.0132 e. The molecule has 3 aromatic rings. The van der Waals surface area contributed by atoms with Crippen LogP contribution in [0.4, 0.5) is 0 Å². The largest absolute Gasteiger partial charge is 0.0584 e. The summed E-state index contributed by atoms with van der Waals surface area (Å²) in [5.74, 6) is 0. The van der Waals surface area contributed by atoms with E-state index in [1.54, 1.807) is 0 Å². The highest BCUT2D eigenvalue weighted by Gasteiger charge is 2.13. The van der Waals surface area contributed by atoms with E-state index in [0.717, 1.165) is 0 Å². The monoisotopic (exact) mass is 314 g/mol. The molecule has 0 aliphatic heterocycles. The van der Waals surface area contributed by atoms with Crippen molar-refractivity contribution in [2.75, 3.05) is 0 Å². The van der Waals surface area contributed by atoms with E-state index in [2.05, 4.69) is 101 Å². The van der Waals surface area contributed by atoms with Crippen LogP contribution in [-0.4, -0.2) is 0 Å². The van der Waals surface area contributed by atoms with Crippen molar-refractivity contribution in [1.82, 2.24) is 0 Å². The lowest BCUT2D eigenvalue weighted by molar-refractivity contribution is 0.590. The summed E-state index contributed by atoms with van der Waals surface area (Å²) in [6, 6.07) is 24.5. The highest BCUT2D eigenvalue weighted by Crippen LogP contribution is 2.28. The first-order chi connectivity index (χ1) is 11.3. The minimum Gasteiger partial charge on any atom is -0.0584 e. The van der Waals surface area contributed by atoms with Crippen molar-refractivity contribution in [1.29, 1.82) is 0 Å². The molecule has 0 heterocycles. The van der Waals surface area contributed by atoms with Crippen LogP contribution < -0.4 is 0 Å². The Bertz CT molecular complexity index is 829. The number of hydrogen-bond acceptors (Lipinski definition) is 0. The van der Waals surface area contributed by atoms with Gasteiger partial charge >= 0.3 is 0 Å². The van der Waals surface area contributed by atoms with Gasteiger partial charge in [0, 0.05) is 0 Å². The summed E-state index contributed by atoms with van der Waals surface area (Å²) < 4.78 is 0. The third kappa shape index (κ3) is 3.43. The minimum atomic E-state index is 0.200. The highest BCUT2D eigenvalue weighted by molar-refractivity contribution is 5.71. The normalized spacial score (nSPS) is 11.5. The molecule has 3 aromatic carbocycles. The summed E-state index contributed by atoms with van der Waals surface area (Å²) in [7, 11) is 0. The molecule has 0 spiro atoms. The Morgan fingerprint density at radius 1 is 0.500 bits per heavy atom. The maximum Gasteiger partial charge on any atom is -0.0132 e. The molecule has 0 saturated carbocycles. The summed E-state index contributed by atoms with van der Waals surface area (Å²) in [6.07, 6.45) is 0. The summed E-state index contributed by atoms with van der Waals surface area (Å²) in [5, 5.41) is 0.